The van der Waals surface area contributed by atoms with Gasteiger partial charge in [0, 0.05) is 48.6 Å². The van der Waals surface area contributed by atoms with E-state index in [0.29, 0.717) is 33.1 Å². The lowest BCUT2D eigenvalue weighted by Crippen LogP contribution is -2.38. The maximum atomic E-state index is 12.8. The molecule has 0 radical (unpaired) electrons. The number of alkyl halides is 6. The number of aryl methyl sites for hydroxylation is 2. The standard InChI is InChI=1S/C18H19ClF3N4O3PS.C15H15ClN4O2.C3H5ClF3OPS/c1-17(2)13(29-30(4,31)28-9-18(20,21)22)12(16(27)24-17)15-23-14(25-26(15)3)10-5-7-11(19)8-6-10;1-15(2)11(21)10(14(22)18-15)13-17-12(19-20(13)3)8-4-6-9(16)7-5-8;1-9(4,10)8-2-3(5,6)7/h5-8H,9H2,1-4H3,(H,24,27);4-7,21H,1-3H3,(H,18,22);2H2,1H3. The van der Waals surface area contributed by atoms with E-state index in [-0.39, 0.29) is 34.4 Å². The van der Waals surface area contributed by atoms with Crippen LogP contribution in [0.1, 0.15) is 39.3 Å². The first kappa shape index (κ1) is 52.0. The van der Waals surface area contributed by atoms with E-state index in [1.807, 2.05) is 0 Å². The summed E-state index contributed by atoms with van der Waals surface area (Å²) in [6, 6.07) is 13.9. The third kappa shape index (κ3) is 14.5. The molecule has 0 saturated heterocycles. The number of nitrogens with zero attached hydrogens (tertiary/aromatic N) is 6. The van der Waals surface area contributed by atoms with Crippen LogP contribution in [0.5, 0.6) is 0 Å². The number of halogens is 9. The number of aliphatic hydroxyl groups is 1. The maximum absolute atomic E-state index is 12.8. The number of aromatic nitrogens is 6. The van der Waals surface area contributed by atoms with Crippen molar-refractivity contribution in [1.29, 1.82) is 0 Å². The Labute approximate surface area is 382 Å². The van der Waals surface area contributed by atoms with Crippen molar-refractivity contribution < 1.29 is 54.6 Å². The Balaban J connectivity index is 0.000000236. The average molecular weight is 1030 g/mol. The van der Waals surface area contributed by atoms with Crippen LogP contribution in [0.2, 0.25) is 10.0 Å². The van der Waals surface area contributed by atoms with Crippen molar-refractivity contribution in [3.05, 3.63) is 81.7 Å². The quantitative estimate of drug-likeness (QED) is 0.102. The van der Waals surface area contributed by atoms with Gasteiger partial charge in [0.1, 0.15) is 34.9 Å². The summed E-state index contributed by atoms with van der Waals surface area (Å²) in [4.78, 5) is 33.7. The SMILES string of the molecule is CP(=S)(Cl)OCC(F)(F)F.Cn1nc(-c2ccc(Cl)cc2)nc1C1=C(O)C(C)(C)NC1=O.Cn1nc(-c2ccc(Cl)cc2)nc1C1=C(OP(C)(=S)OCC(F)(F)F)C(C)(C)NC1=O. The first-order chi connectivity index (χ1) is 28.7. The Morgan fingerprint density at radius 1 is 0.714 bits per heavy atom. The Morgan fingerprint density at radius 2 is 1.10 bits per heavy atom. The van der Waals surface area contributed by atoms with Crippen molar-refractivity contribution in [2.24, 2.45) is 14.1 Å². The molecule has 2 aliphatic rings. The summed E-state index contributed by atoms with van der Waals surface area (Å²) in [5.41, 5.74) is -2.89. The molecule has 0 spiro atoms. The number of hydrogen-bond acceptors (Lipinski definition) is 12. The molecule has 2 aliphatic heterocycles. The molecule has 4 heterocycles. The minimum Gasteiger partial charge on any atom is -0.509 e. The molecule has 14 nitrogen and oxygen atoms in total. The number of aliphatic hydroxyl groups excluding tert-OH is 1. The molecule has 344 valence electrons. The van der Waals surface area contributed by atoms with Crippen LogP contribution in [0.15, 0.2) is 60.0 Å². The third-order valence-electron chi connectivity index (χ3n) is 8.29. The van der Waals surface area contributed by atoms with Gasteiger partial charge in [-0.1, -0.05) is 46.2 Å². The topological polar surface area (TPSA) is 168 Å². The van der Waals surface area contributed by atoms with Crippen LogP contribution in [-0.4, -0.2) is 96.4 Å². The van der Waals surface area contributed by atoms with Gasteiger partial charge in [-0.2, -0.15) is 36.5 Å². The smallest absolute Gasteiger partial charge is 0.412 e. The van der Waals surface area contributed by atoms with Crippen LogP contribution in [-0.2, 0) is 60.9 Å². The number of rotatable bonds is 10. The summed E-state index contributed by atoms with van der Waals surface area (Å²) in [5.74, 6) is 0.457. The van der Waals surface area contributed by atoms with Gasteiger partial charge in [0.15, 0.2) is 29.9 Å². The van der Waals surface area contributed by atoms with Crippen LogP contribution in [0, 0.1) is 0 Å². The third-order valence-corrected chi connectivity index (χ3v) is 11.6. The molecule has 2 unspecified atom stereocenters. The summed E-state index contributed by atoms with van der Waals surface area (Å²) in [7, 11) is 3.27. The van der Waals surface area contributed by atoms with Gasteiger partial charge < -0.3 is 29.3 Å². The lowest BCUT2D eigenvalue weighted by Gasteiger charge is -2.27. The molecule has 2 atom stereocenters. The Bertz CT molecular complexity index is 2530. The molecule has 2 aromatic carbocycles. The van der Waals surface area contributed by atoms with Crippen LogP contribution < -0.4 is 10.6 Å². The van der Waals surface area contributed by atoms with Gasteiger partial charge in [-0.05, 0) is 88.0 Å². The second-order valence-electron chi connectivity index (χ2n) is 14.8. The Hall–Kier alpha value is -3.59. The van der Waals surface area contributed by atoms with Gasteiger partial charge in [0.2, 0.25) is 6.49 Å². The molecule has 27 heteroatoms. The fourth-order valence-corrected chi connectivity index (χ4v) is 7.83. The predicted octanol–water partition coefficient (Wildman–Crippen LogP) is 9.35. The van der Waals surface area contributed by atoms with Crippen molar-refractivity contribution >= 4 is 93.1 Å². The lowest BCUT2D eigenvalue weighted by atomic mass is 10.0. The summed E-state index contributed by atoms with van der Waals surface area (Å²) in [5, 5.41) is 25.5. The van der Waals surface area contributed by atoms with E-state index in [1.165, 1.54) is 22.7 Å². The van der Waals surface area contributed by atoms with Crippen LogP contribution in [0.3, 0.4) is 0 Å². The highest BCUT2D eigenvalue weighted by Gasteiger charge is 2.45. The largest absolute Gasteiger partial charge is 0.509 e. The fourth-order valence-electron chi connectivity index (χ4n) is 5.43. The van der Waals surface area contributed by atoms with Crippen molar-refractivity contribution in [2.45, 2.75) is 51.1 Å². The van der Waals surface area contributed by atoms with Crippen molar-refractivity contribution in [3.8, 4) is 22.8 Å². The molecule has 0 bridgehead atoms. The number of benzene rings is 2. The maximum Gasteiger partial charge on any atom is 0.412 e. The second-order valence-corrected chi connectivity index (χ2v) is 26.0. The first-order valence-electron chi connectivity index (χ1n) is 17.8. The monoisotopic (exact) mass is 1020 g/mol. The molecule has 3 N–H and O–H groups in total. The van der Waals surface area contributed by atoms with Gasteiger partial charge in [-0.15, -0.1) is 0 Å². The molecule has 2 aromatic heterocycles. The van der Waals surface area contributed by atoms with Gasteiger partial charge >= 0.3 is 12.4 Å². The van der Waals surface area contributed by atoms with E-state index in [4.69, 9.17) is 55.3 Å². The summed E-state index contributed by atoms with van der Waals surface area (Å²) >= 11 is 26.6. The first-order valence-corrected chi connectivity index (χ1v) is 25.7. The molecular formula is C36H39Cl3F6N8O6P2S2. The van der Waals surface area contributed by atoms with Crippen molar-refractivity contribution in [3.63, 3.8) is 0 Å². The van der Waals surface area contributed by atoms with E-state index in [1.54, 1.807) is 90.3 Å². The van der Waals surface area contributed by atoms with Gasteiger partial charge in [-0.25, -0.2) is 19.3 Å². The zero-order chi connectivity index (χ0) is 47.7. The van der Waals surface area contributed by atoms with Crippen LogP contribution in [0.25, 0.3) is 33.9 Å². The minimum absolute atomic E-state index is 0.0318. The Kier molecular flexibility index (Phi) is 16.1. The molecule has 0 aliphatic carbocycles. The normalized spacial score (nSPS) is 17.8. The van der Waals surface area contributed by atoms with Crippen LogP contribution in [0.4, 0.5) is 26.3 Å². The Morgan fingerprint density at radius 3 is 1.46 bits per heavy atom. The molecule has 4 aromatic rings. The van der Waals surface area contributed by atoms with E-state index in [0.717, 1.165) is 5.56 Å². The molecular weight excluding hydrogens is 987 g/mol. The molecule has 2 amide bonds. The minimum atomic E-state index is -4.56. The van der Waals surface area contributed by atoms with Crippen molar-refractivity contribution in [1.82, 2.24) is 40.2 Å². The number of carbonyl (C=O) groups is 2. The highest BCUT2D eigenvalue weighted by atomic mass is 35.7. The zero-order valence-electron chi connectivity index (χ0n) is 34.3. The van der Waals surface area contributed by atoms with E-state index < -0.39 is 54.7 Å². The van der Waals surface area contributed by atoms with E-state index in [2.05, 4.69) is 47.1 Å². The van der Waals surface area contributed by atoms with E-state index >= 15 is 0 Å². The van der Waals surface area contributed by atoms with Gasteiger partial charge in [-0.3, -0.25) is 9.59 Å². The number of carbonyl (C=O) groups excluding carboxylic acids is 2. The molecule has 0 saturated carbocycles. The van der Waals surface area contributed by atoms with Gasteiger partial charge in [0.05, 0.1) is 11.1 Å². The zero-order valence-corrected chi connectivity index (χ0v) is 40.0. The van der Waals surface area contributed by atoms with Gasteiger partial charge in [0.25, 0.3) is 11.8 Å². The number of amides is 2. The lowest BCUT2D eigenvalue weighted by molar-refractivity contribution is -0.153. The molecule has 0 fully saturated rings. The van der Waals surface area contributed by atoms with Crippen LogP contribution >= 0.6 is 46.6 Å². The second kappa shape index (κ2) is 19.5. The molecule has 63 heavy (non-hydrogen) atoms. The summed E-state index contributed by atoms with van der Waals surface area (Å²) in [6.45, 7) is 2.99. The van der Waals surface area contributed by atoms with Crippen molar-refractivity contribution in [2.75, 3.05) is 26.5 Å². The van der Waals surface area contributed by atoms with E-state index in [9.17, 15) is 41.0 Å². The number of hydrogen-bond donors (Lipinski definition) is 3. The summed E-state index contributed by atoms with van der Waals surface area (Å²) in [6.07, 6.45) is -8.90. The molecule has 6 rings (SSSR count). The highest BCUT2D eigenvalue weighted by Crippen LogP contribution is 2.52. The average Bonchev–Trinajstić information content (AvgIpc) is 3.82. The highest BCUT2D eigenvalue weighted by molar-refractivity contribution is 8.24. The fraction of sp³-hybridized carbons (Fsp3) is 0.389. The predicted molar refractivity (Wildman–Crippen MR) is 235 cm³/mol. The number of nitrogens with one attached hydrogen (secondary N) is 2. The summed E-state index contributed by atoms with van der Waals surface area (Å²) < 4.78 is 89.5.